The van der Waals surface area contributed by atoms with Crippen LogP contribution in [0.2, 0.25) is 0 Å². The summed E-state index contributed by atoms with van der Waals surface area (Å²) < 4.78 is 37.7. The van der Waals surface area contributed by atoms with E-state index in [0.717, 1.165) is 6.42 Å². The lowest BCUT2D eigenvalue weighted by Crippen LogP contribution is -2.33. The first-order chi connectivity index (χ1) is 9.98. The molecule has 22 heavy (non-hydrogen) atoms. The van der Waals surface area contributed by atoms with Gasteiger partial charge in [0.05, 0.1) is 4.90 Å². The normalized spacial score (nSPS) is 22.9. The molecule has 2 N–H and O–H groups in total. The van der Waals surface area contributed by atoms with Gasteiger partial charge in [-0.25, -0.2) is 8.42 Å². The van der Waals surface area contributed by atoms with Gasteiger partial charge in [0.1, 0.15) is 13.2 Å². The summed E-state index contributed by atoms with van der Waals surface area (Å²) in [5.74, 6) is 1.30. The number of hydrogen-bond donors (Lipinski definition) is 1. The zero-order chi connectivity index (χ0) is 15.0. The van der Waals surface area contributed by atoms with Gasteiger partial charge in [0, 0.05) is 25.2 Å². The van der Waals surface area contributed by atoms with Crippen molar-refractivity contribution in [3.63, 3.8) is 0 Å². The fraction of sp³-hybridized carbons (Fsp3) is 0.571. The van der Waals surface area contributed by atoms with Crippen LogP contribution in [0.3, 0.4) is 0 Å². The second-order valence-electron chi connectivity index (χ2n) is 5.58. The average molecular weight is 349 g/mol. The zero-order valence-electron chi connectivity index (χ0n) is 12.4. The number of sulfonamides is 1. The minimum Gasteiger partial charge on any atom is -0.486 e. The van der Waals surface area contributed by atoms with Crippen LogP contribution < -0.4 is 15.2 Å². The third-order valence-corrected chi connectivity index (χ3v) is 5.94. The molecular formula is C14H21ClN2O4S. The highest BCUT2D eigenvalue weighted by Gasteiger charge is 2.34. The highest BCUT2D eigenvalue weighted by Crippen LogP contribution is 2.34. The van der Waals surface area contributed by atoms with Crippen LogP contribution in [0.5, 0.6) is 11.5 Å². The SMILES string of the molecule is CC(N)C1CCN(S(=O)(=O)c2ccc3c(c2)OCCO3)C1.Cl. The number of benzene rings is 1. The monoisotopic (exact) mass is 348 g/mol. The Morgan fingerprint density at radius 3 is 2.59 bits per heavy atom. The molecule has 0 bridgehead atoms. The van der Waals surface area contributed by atoms with Crippen LogP contribution in [-0.4, -0.2) is 45.1 Å². The minimum atomic E-state index is -3.50. The average Bonchev–Trinajstić information content (AvgIpc) is 2.97. The van der Waals surface area contributed by atoms with Gasteiger partial charge < -0.3 is 15.2 Å². The predicted molar refractivity (Wildman–Crippen MR) is 85.2 cm³/mol. The van der Waals surface area contributed by atoms with Crippen LogP contribution in [-0.2, 0) is 10.0 Å². The Hall–Kier alpha value is -1.02. The molecule has 1 aromatic carbocycles. The van der Waals surface area contributed by atoms with Gasteiger partial charge in [0.15, 0.2) is 11.5 Å². The summed E-state index contributed by atoms with van der Waals surface area (Å²) in [6.07, 6.45) is 0.807. The first-order valence-electron chi connectivity index (χ1n) is 7.14. The standard InChI is InChI=1S/C14H20N2O4S.ClH/c1-10(15)11-4-5-16(9-11)21(17,18)12-2-3-13-14(8-12)20-7-6-19-13;/h2-3,8,10-11H,4-7,9,15H2,1H3;1H. The van der Waals surface area contributed by atoms with Gasteiger partial charge in [-0.3, -0.25) is 0 Å². The number of nitrogens with zero attached hydrogens (tertiary/aromatic N) is 1. The van der Waals surface area contributed by atoms with Gasteiger partial charge in [-0.2, -0.15) is 4.31 Å². The molecule has 8 heteroatoms. The molecule has 2 heterocycles. The molecule has 6 nitrogen and oxygen atoms in total. The minimum absolute atomic E-state index is 0. The number of nitrogens with two attached hydrogens (primary N) is 1. The van der Waals surface area contributed by atoms with Gasteiger partial charge in [0.25, 0.3) is 0 Å². The van der Waals surface area contributed by atoms with Crippen LogP contribution in [0, 0.1) is 5.92 Å². The van der Waals surface area contributed by atoms with Gasteiger partial charge in [-0.1, -0.05) is 0 Å². The Labute approximate surface area is 137 Å². The summed E-state index contributed by atoms with van der Waals surface area (Å²) in [6, 6.07) is 4.77. The molecule has 2 unspecified atom stereocenters. The van der Waals surface area contributed by atoms with Crippen molar-refractivity contribution < 1.29 is 17.9 Å². The fourth-order valence-electron chi connectivity index (χ4n) is 2.73. The number of hydrogen-bond acceptors (Lipinski definition) is 5. The van der Waals surface area contributed by atoms with E-state index in [-0.39, 0.29) is 29.3 Å². The van der Waals surface area contributed by atoms with E-state index in [1.54, 1.807) is 18.2 Å². The van der Waals surface area contributed by atoms with Crippen molar-refractivity contribution in [2.24, 2.45) is 11.7 Å². The van der Waals surface area contributed by atoms with E-state index in [4.69, 9.17) is 15.2 Å². The number of ether oxygens (including phenoxy) is 2. The topological polar surface area (TPSA) is 81.9 Å². The molecule has 1 saturated heterocycles. The Morgan fingerprint density at radius 2 is 1.95 bits per heavy atom. The smallest absolute Gasteiger partial charge is 0.243 e. The second-order valence-corrected chi connectivity index (χ2v) is 7.51. The number of halogens is 1. The lowest BCUT2D eigenvalue weighted by Gasteiger charge is -2.21. The molecule has 3 rings (SSSR count). The fourth-order valence-corrected chi connectivity index (χ4v) is 4.26. The maximum atomic E-state index is 12.7. The van der Waals surface area contributed by atoms with E-state index >= 15 is 0 Å². The quantitative estimate of drug-likeness (QED) is 0.888. The Kier molecular flexibility index (Phi) is 5.21. The third kappa shape index (κ3) is 3.17. The first-order valence-corrected chi connectivity index (χ1v) is 8.58. The van der Waals surface area contributed by atoms with Gasteiger partial charge in [-0.15, -0.1) is 12.4 Å². The molecule has 2 aliphatic heterocycles. The van der Waals surface area contributed by atoms with Gasteiger partial charge in [0.2, 0.25) is 10.0 Å². The molecule has 0 spiro atoms. The molecule has 0 radical (unpaired) electrons. The summed E-state index contributed by atoms with van der Waals surface area (Å²) >= 11 is 0. The Bertz CT molecular complexity index is 636. The van der Waals surface area contributed by atoms with E-state index < -0.39 is 10.0 Å². The van der Waals surface area contributed by atoms with Crippen LogP contribution in [0.4, 0.5) is 0 Å². The maximum Gasteiger partial charge on any atom is 0.243 e. The van der Waals surface area contributed by atoms with Gasteiger partial charge in [-0.05, 0) is 31.4 Å². The molecule has 0 saturated carbocycles. The summed E-state index contributed by atoms with van der Waals surface area (Å²) in [4.78, 5) is 0.247. The summed E-state index contributed by atoms with van der Waals surface area (Å²) in [6.45, 7) is 3.84. The van der Waals surface area contributed by atoms with Crippen molar-refractivity contribution in [2.45, 2.75) is 24.3 Å². The Balaban J connectivity index is 0.00000176. The van der Waals surface area contributed by atoms with E-state index in [1.807, 2.05) is 6.92 Å². The van der Waals surface area contributed by atoms with Crippen molar-refractivity contribution >= 4 is 22.4 Å². The van der Waals surface area contributed by atoms with Crippen LogP contribution >= 0.6 is 12.4 Å². The van der Waals surface area contributed by atoms with Crippen molar-refractivity contribution in [2.75, 3.05) is 26.3 Å². The largest absolute Gasteiger partial charge is 0.486 e. The molecule has 0 aliphatic carbocycles. The molecular weight excluding hydrogens is 328 g/mol. The van der Waals surface area contributed by atoms with Crippen LogP contribution in [0.15, 0.2) is 23.1 Å². The highest BCUT2D eigenvalue weighted by atomic mass is 35.5. The van der Waals surface area contributed by atoms with E-state index in [1.165, 1.54) is 4.31 Å². The lowest BCUT2D eigenvalue weighted by molar-refractivity contribution is 0.171. The Morgan fingerprint density at radius 1 is 1.27 bits per heavy atom. The molecule has 2 atom stereocenters. The first kappa shape index (κ1) is 17.3. The molecule has 1 fully saturated rings. The molecule has 0 amide bonds. The summed E-state index contributed by atoms with van der Waals surface area (Å²) in [5, 5.41) is 0. The third-order valence-electron chi connectivity index (χ3n) is 4.08. The predicted octanol–water partition coefficient (Wildman–Crippen LogP) is 1.24. The van der Waals surface area contributed by atoms with E-state index in [9.17, 15) is 8.42 Å². The van der Waals surface area contributed by atoms with Crippen molar-refractivity contribution in [1.29, 1.82) is 0 Å². The molecule has 0 aromatic heterocycles. The van der Waals surface area contributed by atoms with Crippen molar-refractivity contribution in [3.05, 3.63) is 18.2 Å². The number of rotatable bonds is 3. The highest BCUT2D eigenvalue weighted by molar-refractivity contribution is 7.89. The molecule has 1 aromatic rings. The molecule has 124 valence electrons. The lowest BCUT2D eigenvalue weighted by atomic mass is 10.0. The zero-order valence-corrected chi connectivity index (χ0v) is 14.0. The van der Waals surface area contributed by atoms with Crippen LogP contribution in [0.25, 0.3) is 0 Å². The second kappa shape index (κ2) is 6.62. The number of fused-ring (bicyclic) bond motifs is 1. The summed E-state index contributed by atoms with van der Waals surface area (Å²) in [5.41, 5.74) is 5.87. The van der Waals surface area contributed by atoms with Crippen molar-refractivity contribution in [1.82, 2.24) is 4.31 Å². The summed E-state index contributed by atoms with van der Waals surface area (Å²) in [7, 11) is -3.50. The van der Waals surface area contributed by atoms with E-state index in [2.05, 4.69) is 0 Å². The maximum absolute atomic E-state index is 12.7. The molecule has 2 aliphatic rings. The van der Waals surface area contributed by atoms with Crippen LogP contribution in [0.1, 0.15) is 13.3 Å². The van der Waals surface area contributed by atoms with Gasteiger partial charge >= 0.3 is 0 Å². The van der Waals surface area contributed by atoms with E-state index in [0.29, 0.717) is 37.8 Å². The van der Waals surface area contributed by atoms with Crippen molar-refractivity contribution in [3.8, 4) is 11.5 Å².